The Morgan fingerprint density at radius 1 is 1.62 bits per heavy atom. The Balaban J connectivity index is 2.46. The number of thiazole rings is 1. The van der Waals surface area contributed by atoms with Gasteiger partial charge in [-0.3, -0.25) is 4.79 Å². The third kappa shape index (κ3) is 2.02. The quantitative estimate of drug-likeness (QED) is 0.865. The van der Waals surface area contributed by atoms with Gasteiger partial charge in [0.05, 0.1) is 27.0 Å². The second-order valence-electron chi connectivity index (χ2n) is 3.40. The topological polar surface area (TPSA) is 68.0 Å². The van der Waals surface area contributed by atoms with Crippen molar-refractivity contribution in [3.8, 4) is 0 Å². The van der Waals surface area contributed by atoms with Crippen molar-refractivity contribution in [1.29, 1.82) is 0 Å². The molecule has 84 valence electrons. The largest absolute Gasteiger partial charge is 0.322 e. The number of nitrogens with one attached hydrogen (secondary N) is 1. The fourth-order valence-electron chi connectivity index (χ4n) is 1.26. The number of carbonyl (C=O) groups is 1. The molecule has 0 spiro atoms. The molecule has 1 aromatic carbocycles. The fraction of sp³-hybridized carbons (Fsp3) is 0.200. The summed E-state index contributed by atoms with van der Waals surface area (Å²) in [5, 5.41) is 3.15. The zero-order valence-corrected chi connectivity index (χ0v) is 10.1. The molecule has 1 unspecified atom stereocenters. The highest BCUT2D eigenvalue weighted by atomic mass is 35.5. The number of hydrogen-bond acceptors (Lipinski definition) is 4. The molecule has 6 heteroatoms. The molecule has 1 atom stereocenters. The van der Waals surface area contributed by atoms with Crippen molar-refractivity contribution in [2.75, 3.05) is 5.32 Å². The predicted octanol–water partition coefficient (Wildman–Crippen LogP) is 2.24. The van der Waals surface area contributed by atoms with Gasteiger partial charge in [-0.05, 0) is 19.1 Å². The molecule has 1 amide bonds. The number of nitrogens with zero attached hydrogens (tertiary/aromatic N) is 1. The zero-order chi connectivity index (χ0) is 11.7. The van der Waals surface area contributed by atoms with E-state index in [1.807, 2.05) is 6.07 Å². The number of halogens is 1. The van der Waals surface area contributed by atoms with Gasteiger partial charge in [-0.1, -0.05) is 11.6 Å². The van der Waals surface area contributed by atoms with Crippen molar-refractivity contribution in [2.24, 2.45) is 5.73 Å². The van der Waals surface area contributed by atoms with Crippen LogP contribution in [0, 0.1) is 0 Å². The van der Waals surface area contributed by atoms with E-state index >= 15 is 0 Å². The summed E-state index contributed by atoms with van der Waals surface area (Å²) in [5.74, 6) is -0.276. The summed E-state index contributed by atoms with van der Waals surface area (Å²) in [6.07, 6.45) is 0. The predicted molar refractivity (Wildman–Crippen MR) is 66.9 cm³/mol. The van der Waals surface area contributed by atoms with Crippen LogP contribution in [0.1, 0.15) is 6.92 Å². The van der Waals surface area contributed by atoms with Gasteiger partial charge < -0.3 is 11.1 Å². The number of amides is 1. The van der Waals surface area contributed by atoms with Gasteiger partial charge in [0, 0.05) is 0 Å². The van der Waals surface area contributed by atoms with Gasteiger partial charge in [0.15, 0.2) is 0 Å². The maximum atomic E-state index is 11.5. The minimum absolute atomic E-state index is 0.276. The van der Waals surface area contributed by atoms with Crippen LogP contribution in [0.15, 0.2) is 17.6 Å². The van der Waals surface area contributed by atoms with E-state index in [0.29, 0.717) is 16.2 Å². The molecule has 0 fully saturated rings. The molecule has 0 bridgehead atoms. The van der Waals surface area contributed by atoms with Crippen molar-refractivity contribution in [3.05, 3.63) is 22.7 Å². The lowest BCUT2D eigenvalue weighted by atomic mass is 10.2. The third-order valence-corrected chi connectivity index (χ3v) is 3.22. The van der Waals surface area contributed by atoms with Crippen molar-refractivity contribution < 1.29 is 4.79 Å². The molecule has 0 aliphatic carbocycles. The molecule has 0 aliphatic heterocycles. The highest BCUT2D eigenvalue weighted by Crippen LogP contribution is 2.32. The average Bonchev–Trinajstić information content (AvgIpc) is 2.70. The summed E-state index contributed by atoms with van der Waals surface area (Å²) in [7, 11) is 0. The number of aromatic nitrogens is 1. The summed E-state index contributed by atoms with van der Waals surface area (Å²) in [6.45, 7) is 1.62. The molecular formula is C10H10ClN3OS. The molecule has 0 saturated carbocycles. The van der Waals surface area contributed by atoms with E-state index in [1.54, 1.807) is 18.5 Å². The molecular weight excluding hydrogens is 246 g/mol. The van der Waals surface area contributed by atoms with Gasteiger partial charge in [0.1, 0.15) is 5.52 Å². The van der Waals surface area contributed by atoms with Crippen LogP contribution in [0.2, 0.25) is 5.02 Å². The molecule has 2 aromatic rings. The Hall–Kier alpha value is -1.17. The van der Waals surface area contributed by atoms with Gasteiger partial charge in [-0.15, -0.1) is 11.3 Å². The third-order valence-electron chi connectivity index (χ3n) is 2.11. The van der Waals surface area contributed by atoms with E-state index in [-0.39, 0.29) is 5.91 Å². The Morgan fingerprint density at radius 3 is 3.06 bits per heavy atom. The van der Waals surface area contributed by atoms with Crippen molar-refractivity contribution in [1.82, 2.24) is 4.98 Å². The summed E-state index contributed by atoms with van der Waals surface area (Å²) < 4.78 is 0.976. The first-order valence-electron chi connectivity index (χ1n) is 4.67. The summed E-state index contributed by atoms with van der Waals surface area (Å²) in [4.78, 5) is 15.7. The smallest absolute Gasteiger partial charge is 0.241 e. The Kier molecular flexibility index (Phi) is 3.09. The number of carbonyl (C=O) groups excluding carboxylic acids is 1. The Morgan fingerprint density at radius 2 is 2.38 bits per heavy atom. The highest BCUT2D eigenvalue weighted by molar-refractivity contribution is 7.16. The van der Waals surface area contributed by atoms with Crippen LogP contribution in [0.25, 0.3) is 10.2 Å². The van der Waals surface area contributed by atoms with E-state index in [0.717, 1.165) is 4.70 Å². The lowest BCUT2D eigenvalue weighted by molar-refractivity contribution is -0.117. The number of anilines is 1. The molecule has 16 heavy (non-hydrogen) atoms. The molecule has 0 saturated heterocycles. The van der Waals surface area contributed by atoms with Crippen molar-refractivity contribution in [2.45, 2.75) is 13.0 Å². The van der Waals surface area contributed by atoms with Crippen molar-refractivity contribution >= 4 is 44.7 Å². The Labute approximate surface area is 101 Å². The van der Waals surface area contributed by atoms with Gasteiger partial charge in [-0.25, -0.2) is 4.98 Å². The first-order valence-corrected chi connectivity index (χ1v) is 5.93. The number of fused-ring (bicyclic) bond motifs is 1. The van der Waals surface area contributed by atoms with E-state index in [1.165, 1.54) is 11.3 Å². The molecule has 1 aromatic heterocycles. The molecule has 4 nitrogen and oxygen atoms in total. The monoisotopic (exact) mass is 255 g/mol. The minimum atomic E-state index is -0.579. The lowest BCUT2D eigenvalue weighted by Gasteiger charge is -2.09. The van der Waals surface area contributed by atoms with Crippen LogP contribution in [0.4, 0.5) is 5.69 Å². The van der Waals surface area contributed by atoms with Crippen LogP contribution >= 0.6 is 22.9 Å². The van der Waals surface area contributed by atoms with Crippen LogP contribution in [-0.2, 0) is 4.79 Å². The molecule has 3 N–H and O–H groups in total. The van der Waals surface area contributed by atoms with Gasteiger partial charge in [0.25, 0.3) is 0 Å². The second kappa shape index (κ2) is 4.37. The second-order valence-corrected chi connectivity index (χ2v) is 4.69. The zero-order valence-electron chi connectivity index (χ0n) is 8.53. The van der Waals surface area contributed by atoms with Crippen LogP contribution in [0.3, 0.4) is 0 Å². The number of rotatable bonds is 2. The molecule has 0 radical (unpaired) electrons. The number of nitrogens with two attached hydrogens (primary N) is 1. The van der Waals surface area contributed by atoms with E-state index in [4.69, 9.17) is 17.3 Å². The summed E-state index contributed by atoms with van der Waals surface area (Å²) in [5.41, 5.74) is 8.42. The van der Waals surface area contributed by atoms with Crippen LogP contribution < -0.4 is 11.1 Å². The fourth-order valence-corrected chi connectivity index (χ4v) is 2.15. The van der Waals surface area contributed by atoms with Gasteiger partial charge in [-0.2, -0.15) is 0 Å². The first kappa shape index (κ1) is 11.3. The maximum Gasteiger partial charge on any atom is 0.241 e. The van der Waals surface area contributed by atoms with E-state index in [2.05, 4.69) is 10.3 Å². The highest BCUT2D eigenvalue weighted by Gasteiger charge is 2.14. The number of benzene rings is 1. The van der Waals surface area contributed by atoms with Gasteiger partial charge in [0.2, 0.25) is 5.91 Å². The molecule has 0 aliphatic rings. The maximum absolute atomic E-state index is 11.5. The van der Waals surface area contributed by atoms with Gasteiger partial charge >= 0.3 is 0 Å². The standard InChI is InChI=1S/C10H10ClN3OS/c1-5(12)10(15)14-8-6(11)2-3-7-9(8)13-4-16-7/h2-5H,12H2,1H3,(H,14,15). The lowest BCUT2D eigenvalue weighted by Crippen LogP contribution is -2.32. The summed E-state index contributed by atoms with van der Waals surface area (Å²) in [6, 6.07) is 3.03. The molecule has 1 heterocycles. The number of hydrogen-bond donors (Lipinski definition) is 2. The Bertz CT molecular complexity index is 538. The average molecular weight is 256 g/mol. The first-order chi connectivity index (χ1) is 7.59. The molecule has 2 rings (SSSR count). The summed E-state index contributed by atoms with van der Waals surface area (Å²) >= 11 is 7.51. The van der Waals surface area contributed by atoms with Crippen LogP contribution in [0.5, 0.6) is 0 Å². The van der Waals surface area contributed by atoms with E-state index < -0.39 is 6.04 Å². The minimum Gasteiger partial charge on any atom is -0.322 e. The van der Waals surface area contributed by atoms with E-state index in [9.17, 15) is 4.79 Å². The normalized spacial score (nSPS) is 12.7. The van der Waals surface area contributed by atoms with Crippen molar-refractivity contribution in [3.63, 3.8) is 0 Å². The SMILES string of the molecule is CC(N)C(=O)Nc1c(Cl)ccc2scnc12. The van der Waals surface area contributed by atoms with Crippen LogP contribution in [-0.4, -0.2) is 16.9 Å².